The first kappa shape index (κ1) is 20.7. The van der Waals surface area contributed by atoms with Crippen LogP contribution < -0.4 is 5.06 Å². The lowest BCUT2D eigenvalue weighted by atomic mass is 9.62. The summed E-state index contributed by atoms with van der Waals surface area (Å²) in [4.78, 5) is 24.4. The third-order valence-corrected chi connectivity index (χ3v) is 8.44. The van der Waals surface area contributed by atoms with E-state index in [9.17, 15) is 0 Å². The van der Waals surface area contributed by atoms with Crippen LogP contribution in [0.4, 0.5) is 5.00 Å². The lowest BCUT2D eigenvalue weighted by Crippen LogP contribution is -2.57. The summed E-state index contributed by atoms with van der Waals surface area (Å²) in [5, 5.41) is 16.7. The van der Waals surface area contributed by atoms with Crippen LogP contribution in [0.2, 0.25) is 0 Å². The molecule has 3 atom stereocenters. The molecule has 1 fully saturated rings. The average Bonchev–Trinajstić information content (AvgIpc) is 3.71. The van der Waals surface area contributed by atoms with Crippen molar-refractivity contribution in [2.24, 2.45) is 0 Å². The molecule has 3 unspecified atom stereocenters. The van der Waals surface area contributed by atoms with Crippen molar-refractivity contribution in [3.05, 3.63) is 106 Å². The van der Waals surface area contributed by atoms with E-state index in [1.54, 1.807) is 30.0 Å². The van der Waals surface area contributed by atoms with Gasteiger partial charge in [0.05, 0.1) is 17.6 Å². The van der Waals surface area contributed by atoms with Crippen molar-refractivity contribution < 1.29 is 9.25 Å². The second-order valence-corrected chi connectivity index (χ2v) is 10.3. The van der Waals surface area contributed by atoms with Crippen molar-refractivity contribution in [3.8, 4) is 0 Å². The molecule has 13 heteroatoms. The highest BCUT2D eigenvalue weighted by atomic mass is 32.1. The predicted molar refractivity (Wildman–Crippen MR) is 130 cm³/mol. The van der Waals surface area contributed by atoms with Crippen LogP contribution in [0.25, 0.3) is 0 Å². The van der Waals surface area contributed by atoms with Crippen LogP contribution >= 0.6 is 34.2 Å². The van der Waals surface area contributed by atoms with Crippen molar-refractivity contribution in [2.75, 3.05) is 5.06 Å². The normalized spacial score (nSPS) is 24.3. The number of hydrogen-bond donors (Lipinski definition) is 2. The van der Waals surface area contributed by atoms with E-state index in [4.69, 9.17) is 23.6 Å². The SMILES string of the molecule is c1c[nH]c(C2(c3ncco3)N(c3cccs3)OC(c3nccs3)C2(c2ccsn2)c2ncn[nH]2)c1. The average molecular weight is 521 g/mol. The number of thiophene rings is 1. The first-order valence-electron chi connectivity index (χ1n) is 10.6. The first-order chi connectivity index (χ1) is 17.4. The minimum absolute atomic E-state index is 0.414. The highest BCUT2D eigenvalue weighted by Gasteiger charge is 2.76. The Hall–Kier alpha value is -3.65. The van der Waals surface area contributed by atoms with Gasteiger partial charge in [0.1, 0.15) is 33.8 Å². The van der Waals surface area contributed by atoms with Crippen LogP contribution in [0.5, 0.6) is 0 Å². The van der Waals surface area contributed by atoms with E-state index in [1.807, 2.05) is 57.7 Å². The monoisotopic (exact) mass is 520 g/mol. The van der Waals surface area contributed by atoms with E-state index < -0.39 is 17.1 Å². The molecular formula is C22H16N8O2S3. The zero-order chi connectivity index (χ0) is 23.3. The summed E-state index contributed by atoms with van der Waals surface area (Å²) in [6.45, 7) is 0. The van der Waals surface area contributed by atoms with Crippen LogP contribution in [0.1, 0.15) is 34.2 Å². The number of oxazole rings is 1. The van der Waals surface area contributed by atoms with E-state index in [-0.39, 0.29) is 0 Å². The van der Waals surface area contributed by atoms with Crippen LogP contribution in [0.3, 0.4) is 0 Å². The van der Waals surface area contributed by atoms with Crippen LogP contribution in [-0.2, 0) is 15.8 Å². The van der Waals surface area contributed by atoms with Gasteiger partial charge in [-0.2, -0.15) is 9.47 Å². The van der Waals surface area contributed by atoms with Gasteiger partial charge in [-0.3, -0.25) is 9.94 Å². The van der Waals surface area contributed by atoms with E-state index in [0.717, 1.165) is 21.4 Å². The quantitative estimate of drug-likeness (QED) is 0.329. The second-order valence-electron chi connectivity index (χ2n) is 7.76. The Morgan fingerprint density at radius 3 is 2.66 bits per heavy atom. The number of H-pyrrole nitrogens is 2. The number of rotatable bonds is 6. The molecule has 6 aromatic rings. The molecule has 174 valence electrons. The van der Waals surface area contributed by atoms with Crippen LogP contribution in [0, 0.1) is 0 Å². The fourth-order valence-corrected chi connectivity index (χ4v) is 7.03. The summed E-state index contributed by atoms with van der Waals surface area (Å²) in [6, 6.07) is 9.90. The highest BCUT2D eigenvalue weighted by Crippen LogP contribution is 2.66. The maximum absolute atomic E-state index is 6.93. The molecule has 0 radical (unpaired) electrons. The van der Waals surface area contributed by atoms with Crippen molar-refractivity contribution in [2.45, 2.75) is 17.1 Å². The number of aromatic nitrogens is 7. The fourth-order valence-electron chi connectivity index (χ4n) is 5.01. The number of nitrogens with zero attached hydrogens (tertiary/aromatic N) is 6. The summed E-state index contributed by atoms with van der Waals surface area (Å²) in [7, 11) is 0. The van der Waals surface area contributed by atoms with Crippen LogP contribution in [-0.4, -0.2) is 34.5 Å². The lowest BCUT2D eigenvalue weighted by Gasteiger charge is -2.43. The van der Waals surface area contributed by atoms with Gasteiger partial charge in [-0.05, 0) is 47.2 Å². The maximum atomic E-state index is 6.93. The standard InChI is InChI=1S/C22H16N8O2S3/c1-3-15(23-6-1)22(20-25-7-9-31-20)21(14-5-11-35-29-14,19-26-13-27-28-19)17(18-24-8-12-34-18)32-30(22)16-4-2-10-33-16/h1-13,17,23H,(H,26,27,28). The molecule has 1 aliphatic rings. The Kier molecular flexibility index (Phi) is 4.70. The molecule has 0 spiro atoms. The summed E-state index contributed by atoms with van der Waals surface area (Å²) in [6.07, 6.45) is 7.69. The van der Waals surface area contributed by atoms with Crippen molar-refractivity contribution >= 4 is 39.2 Å². The Morgan fingerprint density at radius 1 is 1.00 bits per heavy atom. The maximum Gasteiger partial charge on any atom is 0.230 e. The molecule has 7 heterocycles. The number of nitrogens with one attached hydrogen (secondary N) is 2. The molecular weight excluding hydrogens is 504 g/mol. The summed E-state index contributed by atoms with van der Waals surface area (Å²) in [5.41, 5.74) is -0.807. The van der Waals surface area contributed by atoms with E-state index >= 15 is 0 Å². The third-order valence-electron chi connectivity index (χ3n) is 6.22. The zero-order valence-corrected chi connectivity index (χ0v) is 20.3. The summed E-state index contributed by atoms with van der Waals surface area (Å²) in [5.74, 6) is 0.965. The molecule has 1 saturated heterocycles. The molecule has 2 N–H and O–H groups in total. The molecule has 0 aromatic carbocycles. The smallest absolute Gasteiger partial charge is 0.230 e. The Bertz CT molecular complexity index is 1300. The molecule has 6 aromatic heterocycles. The molecule has 0 bridgehead atoms. The second kappa shape index (κ2) is 7.95. The molecule has 1 aliphatic heterocycles. The molecule has 0 saturated carbocycles. The Balaban J connectivity index is 1.69. The van der Waals surface area contributed by atoms with E-state index in [0.29, 0.717) is 11.7 Å². The lowest BCUT2D eigenvalue weighted by molar-refractivity contribution is 0.0639. The molecule has 35 heavy (non-hydrogen) atoms. The third kappa shape index (κ3) is 2.68. The van der Waals surface area contributed by atoms with Gasteiger partial charge in [-0.1, -0.05) is 0 Å². The summed E-state index contributed by atoms with van der Waals surface area (Å²) >= 11 is 4.41. The van der Waals surface area contributed by atoms with Crippen molar-refractivity contribution in [3.63, 3.8) is 0 Å². The Morgan fingerprint density at radius 2 is 2.00 bits per heavy atom. The van der Waals surface area contributed by atoms with Crippen LogP contribution in [0.15, 0.2) is 82.1 Å². The number of hydroxylamine groups is 1. The van der Waals surface area contributed by atoms with E-state index in [2.05, 4.69) is 20.2 Å². The number of thiazole rings is 1. The zero-order valence-electron chi connectivity index (χ0n) is 17.8. The van der Waals surface area contributed by atoms with Crippen molar-refractivity contribution in [1.29, 1.82) is 0 Å². The predicted octanol–water partition coefficient (Wildman–Crippen LogP) is 4.52. The van der Waals surface area contributed by atoms with E-state index in [1.165, 1.54) is 29.2 Å². The number of hydrogen-bond acceptors (Lipinski definition) is 11. The molecule has 0 amide bonds. The topological polar surface area (TPSA) is 122 Å². The fraction of sp³-hybridized carbons (Fsp3) is 0.136. The number of anilines is 1. The molecule has 0 aliphatic carbocycles. The van der Waals surface area contributed by atoms with Gasteiger partial charge in [-0.25, -0.2) is 20.0 Å². The Labute approximate surface area is 210 Å². The van der Waals surface area contributed by atoms with Gasteiger partial charge in [0.25, 0.3) is 0 Å². The van der Waals surface area contributed by atoms with Crippen molar-refractivity contribution in [1.82, 2.24) is 34.5 Å². The molecule has 7 rings (SSSR count). The number of aromatic amines is 2. The summed E-state index contributed by atoms with van der Waals surface area (Å²) < 4.78 is 11.0. The van der Waals surface area contributed by atoms with Gasteiger partial charge in [0, 0.05) is 23.2 Å². The van der Waals surface area contributed by atoms with Gasteiger partial charge in [-0.15, -0.1) is 22.7 Å². The van der Waals surface area contributed by atoms with Gasteiger partial charge in [0.2, 0.25) is 11.4 Å². The first-order valence-corrected chi connectivity index (χ1v) is 13.2. The van der Waals surface area contributed by atoms with Gasteiger partial charge >= 0.3 is 0 Å². The highest BCUT2D eigenvalue weighted by molar-refractivity contribution is 7.14. The minimum atomic E-state index is -1.20. The largest absolute Gasteiger partial charge is 0.446 e. The van der Waals surface area contributed by atoms with Gasteiger partial charge in [0.15, 0.2) is 6.10 Å². The van der Waals surface area contributed by atoms with Gasteiger partial charge < -0.3 is 9.40 Å². The molecule has 10 nitrogen and oxygen atoms in total. The minimum Gasteiger partial charge on any atom is -0.446 e.